The normalized spacial score (nSPS) is 31.5. The van der Waals surface area contributed by atoms with Crippen molar-refractivity contribution in [3.63, 3.8) is 0 Å². The van der Waals surface area contributed by atoms with E-state index in [2.05, 4.69) is 5.32 Å². The van der Waals surface area contributed by atoms with Crippen LogP contribution in [0.15, 0.2) is 42.5 Å². The van der Waals surface area contributed by atoms with Crippen LogP contribution in [0.4, 0.5) is 5.69 Å². The van der Waals surface area contributed by atoms with Gasteiger partial charge in [-0.15, -0.1) is 0 Å². The molecule has 10 heteroatoms. The molecule has 0 spiro atoms. The first kappa shape index (κ1) is 23.8. The van der Waals surface area contributed by atoms with Gasteiger partial charge < -0.3 is 35.6 Å². The second-order valence-electron chi connectivity index (χ2n) is 10.6. The van der Waals surface area contributed by atoms with E-state index < -0.39 is 86.5 Å². The van der Waals surface area contributed by atoms with Crippen LogP contribution in [0.25, 0.3) is 0 Å². The van der Waals surface area contributed by atoms with Crippen molar-refractivity contribution in [2.45, 2.75) is 36.2 Å². The summed E-state index contributed by atoms with van der Waals surface area (Å²) in [7, 11) is 1.33. The van der Waals surface area contributed by atoms with Gasteiger partial charge in [-0.1, -0.05) is 31.2 Å². The molecule has 1 aliphatic heterocycles. The SMILES string of the molecule is CO[C@@H]1C(=O)[C@H](C)[C@@]2(O)[C@H]3Nc4c(cc(O)c5c4C(=O)c4c(O)ccc(O)c4C5=O)[C@]2(O)[C@@H]1c1ccccc13. The molecule has 10 nitrogen and oxygen atoms in total. The molecule has 1 heterocycles. The van der Waals surface area contributed by atoms with Gasteiger partial charge in [0.15, 0.2) is 5.78 Å². The summed E-state index contributed by atoms with van der Waals surface area (Å²) in [6.07, 6.45) is -1.17. The molecule has 0 saturated heterocycles. The number of hydrogen-bond donors (Lipinski definition) is 6. The number of carbonyl (C=O) groups is 3. The predicted octanol–water partition coefficient (Wildman–Crippen LogP) is 2.00. The van der Waals surface area contributed by atoms with E-state index in [4.69, 9.17) is 4.74 Å². The first-order valence-corrected chi connectivity index (χ1v) is 12.4. The quantitative estimate of drug-likeness (QED) is 0.200. The van der Waals surface area contributed by atoms with Crippen molar-refractivity contribution in [3.05, 3.63) is 81.4 Å². The Bertz CT molecular complexity index is 1700. The fourth-order valence-corrected chi connectivity index (χ4v) is 7.41. The lowest BCUT2D eigenvalue weighted by Crippen LogP contribution is -2.75. The number of methoxy groups -OCH3 is 1. The molecule has 4 aliphatic rings. The van der Waals surface area contributed by atoms with Gasteiger partial charge in [0, 0.05) is 12.7 Å². The van der Waals surface area contributed by atoms with Crippen LogP contribution in [-0.2, 0) is 15.1 Å². The fourth-order valence-electron chi connectivity index (χ4n) is 7.41. The fraction of sp³-hybridized carbons (Fsp3) is 0.276. The van der Waals surface area contributed by atoms with Crippen molar-refractivity contribution >= 4 is 23.0 Å². The molecule has 7 rings (SSSR count). The molecule has 198 valence electrons. The van der Waals surface area contributed by atoms with E-state index in [0.29, 0.717) is 11.1 Å². The highest BCUT2D eigenvalue weighted by Crippen LogP contribution is 2.67. The molecule has 6 N–H and O–H groups in total. The highest BCUT2D eigenvalue weighted by Gasteiger charge is 2.75. The topological polar surface area (TPSA) is 174 Å². The molecule has 3 aromatic rings. The maximum Gasteiger partial charge on any atom is 0.202 e. The number of ether oxygens (including phenoxy) is 1. The highest BCUT2D eigenvalue weighted by atomic mass is 16.5. The van der Waals surface area contributed by atoms with E-state index in [-0.39, 0.29) is 16.8 Å². The third-order valence-corrected chi connectivity index (χ3v) is 9.14. The van der Waals surface area contributed by atoms with Gasteiger partial charge in [-0.25, -0.2) is 0 Å². The van der Waals surface area contributed by atoms with Gasteiger partial charge in [-0.05, 0) is 29.3 Å². The summed E-state index contributed by atoms with van der Waals surface area (Å²) in [4.78, 5) is 40.9. The van der Waals surface area contributed by atoms with Gasteiger partial charge in [-0.3, -0.25) is 14.4 Å². The molecule has 1 fully saturated rings. The average molecular weight is 530 g/mol. The van der Waals surface area contributed by atoms with Crippen LogP contribution in [-0.4, -0.2) is 61.7 Å². The monoisotopic (exact) mass is 529 g/mol. The number of anilines is 1. The van der Waals surface area contributed by atoms with Crippen LogP contribution in [0.2, 0.25) is 0 Å². The van der Waals surface area contributed by atoms with E-state index in [1.54, 1.807) is 24.3 Å². The van der Waals surface area contributed by atoms with E-state index >= 15 is 0 Å². The zero-order valence-electron chi connectivity index (χ0n) is 20.7. The summed E-state index contributed by atoms with van der Waals surface area (Å²) in [6, 6.07) is 9.09. The number of phenolic OH excluding ortho intramolecular Hbond substituents is 3. The van der Waals surface area contributed by atoms with Crippen molar-refractivity contribution < 1.29 is 44.7 Å². The molecule has 0 aromatic heterocycles. The number of nitrogens with one attached hydrogen (secondary N) is 1. The largest absolute Gasteiger partial charge is 0.507 e. The Kier molecular flexibility index (Phi) is 4.42. The van der Waals surface area contributed by atoms with Gasteiger partial charge in [-0.2, -0.15) is 0 Å². The number of aromatic hydroxyl groups is 3. The van der Waals surface area contributed by atoms with Crippen molar-refractivity contribution in [1.82, 2.24) is 0 Å². The van der Waals surface area contributed by atoms with Crippen LogP contribution >= 0.6 is 0 Å². The Labute approximate surface area is 221 Å². The third-order valence-electron chi connectivity index (χ3n) is 9.14. The van der Waals surface area contributed by atoms with Crippen molar-refractivity contribution in [3.8, 4) is 17.2 Å². The summed E-state index contributed by atoms with van der Waals surface area (Å²) in [6.45, 7) is 1.49. The predicted molar refractivity (Wildman–Crippen MR) is 134 cm³/mol. The number of carbonyl (C=O) groups excluding carboxylic acids is 3. The second-order valence-corrected chi connectivity index (χ2v) is 10.6. The van der Waals surface area contributed by atoms with Crippen LogP contribution in [0.5, 0.6) is 17.2 Å². The maximum atomic E-state index is 13.9. The molecule has 3 aliphatic carbocycles. The highest BCUT2D eigenvalue weighted by molar-refractivity contribution is 6.33. The number of benzene rings is 3. The molecule has 6 atom stereocenters. The molecule has 0 unspecified atom stereocenters. The number of Topliss-reactive ketones (excluding diaryl/α,β-unsaturated/α-hetero) is 1. The smallest absolute Gasteiger partial charge is 0.202 e. The lowest BCUT2D eigenvalue weighted by Gasteiger charge is -2.65. The summed E-state index contributed by atoms with van der Waals surface area (Å²) < 4.78 is 5.60. The number of aliphatic hydroxyl groups is 2. The summed E-state index contributed by atoms with van der Waals surface area (Å²) in [5.41, 5.74) is -5.01. The van der Waals surface area contributed by atoms with Crippen LogP contribution < -0.4 is 5.32 Å². The minimum absolute atomic E-state index is 0.0253. The average Bonchev–Trinajstić information content (AvgIpc) is 2.91. The Morgan fingerprint density at radius 1 is 0.821 bits per heavy atom. The maximum absolute atomic E-state index is 13.9. The van der Waals surface area contributed by atoms with E-state index in [0.717, 1.165) is 18.2 Å². The van der Waals surface area contributed by atoms with Gasteiger partial charge in [0.1, 0.15) is 34.6 Å². The first-order valence-electron chi connectivity index (χ1n) is 12.4. The molecule has 3 aromatic carbocycles. The summed E-state index contributed by atoms with van der Waals surface area (Å²) in [5.74, 6) is -6.19. The molecular formula is C29H23NO9. The number of phenols is 3. The lowest BCUT2D eigenvalue weighted by molar-refractivity contribution is -0.248. The van der Waals surface area contributed by atoms with Crippen molar-refractivity contribution in [2.24, 2.45) is 5.92 Å². The van der Waals surface area contributed by atoms with Crippen LogP contribution in [0.3, 0.4) is 0 Å². The van der Waals surface area contributed by atoms with Crippen LogP contribution in [0.1, 0.15) is 67.4 Å². The Morgan fingerprint density at radius 3 is 2.00 bits per heavy atom. The van der Waals surface area contributed by atoms with Gasteiger partial charge in [0.05, 0.1) is 45.8 Å². The minimum Gasteiger partial charge on any atom is -0.507 e. The van der Waals surface area contributed by atoms with Gasteiger partial charge in [0.25, 0.3) is 0 Å². The van der Waals surface area contributed by atoms with Crippen LogP contribution in [0, 0.1) is 5.92 Å². The number of ketones is 3. The molecule has 4 bridgehead atoms. The van der Waals surface area contributed by atoms with Gasteiger partial charge >= 0.3 is 0 Å². The molecular weight excluding hydrogens is 506 g/mol. The molecule has 0 amide bonds. The van der Waals surface area contributed by atoms with Crippen molar-refractivity contribution in [1.29, 1.82) is 0 Å². The zero-order valence-corrected chi connectivity index (χ0v) is 20.7. The minimum atomic E-state index is -2.25. The van der Waals surface area contributed by atoms with Gasteiger partial charge in [0.2, 0.25) is 11.6 Å². The third kappa shape index (κ3) is 2.41. The zero-order chi connectivity index (χ0) is 27.8. The lowest BCUT2D eigenvalue weighted by atomic mass is 9.47. The first-order chi connectivity index (χ1) is 18.5. The molecule has 39 heavy (non-hydrogen) atoms. The Balaban J connectivity index is 1.60. The Hall–Kier alpha value is -4.25. The summed E-state index contributed by atoms with van der Waals surface area (Å²) >= 11 is 0. The summed E-state index contributed by atoms with van der Waals surface area (Å²) in [5, 5.41) is 60.2. The number of fused-ring (bicyclic) bond motifs is 7. The second kappa shape index (κ2) is 7.23. The Morgan fingerprint density at radius 2 is 1.38 bits per heavy atom. The molecule has 1 saturated carbocycles. The number of hydrogen-bond acceptors (Lipinski definition) is 10. The standard InChI is InChI=1S/C29H23NO9/c1-10-23(34)26(39-2)21-11-5-3-4-6-12(11)27-28(10,37)29(21,38)13-9-16(33)19-20(22(13)30-27)25(36)18-15(32)8-7-14(31)17(18)24(19)35/h3-10,21,26-27,30-33,37-38H,1-2H3/t10-,21+,26-,27-,28+,29-/m0/s1. The van der Waals surface area contributed by atoms with E-state index in [9.17, 15) is 39.9 Å². The van der Waals surface area contributed by atoms with E-state index in [1.165, 1.54) is 14.0 Å². The molecule has 0 radical (unpaired) electrons. The van der Waals surface area contributed by atoms with E-state index in [1.807, 2.05) is 0 Å². The number of rotatable bonds is 1. The van der Waals surface area contributed by atoms with Crippen molar-refractivity contribution in [2.75, 3.05) is 12.4 Å².